The number of nitrogens with zero attached hydrogens (tertiary/aromatic N) is 3. The molecule has 3 aromatic rings. The predicted molar refractivity (Wildman–Crippen MR) is 107 cm³/mol. The number of benzene rings is 1. The first-order chi connectivity index (χ1) is 14.0. The molecule has 2 aromatic heterocycles. The van der Waals surface area contributed by atoms with Gasteiger partial charge in [-0.3, -0.25) is 5.32 Å². The van der Waals surface area contributed by atoms with Gasteiger partial charge in [0, 0.05) is 18.1 Å². The highest BCUT2D eigenvalue weighted by atomic mass is 16.5. The van der Waals surface area contributed by atoms with Gasteiger partial charge in [0.1, 0.15) is 0 Å². The van der Waals surface area contributed by atoms with Crippen molar-refractivity contribution >= 4 is 11.9 Å². The summed E-state index contributed by atoms with van der Waals surface area (Å²) in [6.45, 7) is 6.20. The van der Waals surface area contributed by atoms with Crippen molar-refractivity contribution in [3.63, 3.8) is 0 Å². The van der Waals surface area contributed by atoms with Crippen LogP contribution in [0.4, 0.5) is 10.7 Å². The van der Waals surface area contributed by atoms with E-state index in [0.29, 0.717) is 29.9 Å². The van der Waals surface area contributed by atoms with Crippen molar-refractivity contribution in [1.82, 2.24) is 20.6 Å². The summed E-state index contributed by atoms with van der Waals surface area (Å²) in [6.07, 6.45) is 3.25. The van der Waals surface area contributed by atoms with Gasteiger partial charge in [-0.25, -0.2) is 4.79 Å². The molecule has 152 valence electrons. The summed E-state index contributed by atoms with van der Waals surface area (Å²) in [5, 5.41) is 13.8. The molecule has 0 saturated heterocycles. The lowest BCUT2D eigenvalue weighted by molar-refractivity contribution is 0.247. The zero-order valence-electron chi connectivity index (χ0n) is 16.9. The lowest BCUT2D eigenvalue weighted by Crippen LogP contribution is -2.31. The average Bonchev–Trinajstić information content (AvgIpc) is 3.41. The quantitative estimate of drug-likeness (QED) is 0.645. The van der Waals surface area contributed by atoms with E-state index in [-0.39, 0.29) is 12.1 Å². The summed E-state index contributed by atoms with van der Waals surface area (Å²) >= 11 is 0. The SMILES string of the molecule is CCc1nc(-c2ccc3c(c2)CC[C@H]3NC(=O)Nc2cc(CC(C)C)no2)no1. The summed E-state index contributed by atoms with van der Waals surface area (Å²) in [7, 11) is 0. The molecule has 29 heavy (non-hydrogen) atoms. The second-order valence-electron chi connectivity index (χ2n) is 7.75. The number of aromatic nitrogens is 3. The van der Waals surface area contributed by atoms with Crippen molar-refractivity contribution in [2.45, 2.75) is 52.5 Å². The van der Waals surface area contributed by atoms with E-state index in [9.17, 15) is 4.79 Å². The van der Waals surface area contributed by atoms with Crippen LogP contribution in [-0.2, 0) is 19.3 Å². The Morgan fingerprint density at radius 2 is 2.10 bits per heavy atom. The van der Waals surface area contributed by atoms with Crippen LogP contribution in [0.3, 0.4) is 0 Å². The summed E-state index contributed by atoms with van der Waals surface area (Å²) in [6, 6.07) is 7.49. The Kier molecular flexibility index (Phi) is 5.33. The molecule has 1 aromatic carbocycles. The van der Waals surface area contributed by atoms with E-state index in [2.05, 4.69) is 45.8 Å². The fourth-order valence-corrected chi connectivity index (χ4v) is 3.61. The molecule has 2 amide bonds. The minimum Gasteiger partial charge on any atom is -0.339 e. The van der Waals surface area contributed by atoms with Gasteiger partial charge in [0.25, 0.3) is 0 Å². The van der Waals surface area contributed by atoms with Gasteiger partial charge >= 0.3 is 6.03 Å². The molecule has 1 aliphatic carbocycles. The molecule has 0 fully saturated rings. The number of aryl methyl sites for hydroxylation is 2. The molecular formula is C21H25N5O3. The van der Waals surface area contributed by atoms with Crippen LogP contribution in [-0.4, -0.2) is 21.3 Å². The number of nitrogens with one attached hydrogen (secondary N) is 2. The van der Waals surface area contributed by atoms with Gasteiger partial charge < -0.3 is 14.4 Å². The maximum absolute atomic E-state index is 12.4. The number of carbonyl (C=O) groups is 1. The Hall–Kier alpha value is -3.16. The van der Waals surface area contributed by atoms with Gasteiger partial charge in [0.05, 0.1) is 11.7 Å². The fourth-order valence-electron chi connectivity index (χ4n) is 3.61. The zero-order valence-corrected chi connectivity index (χ0v) is 16.9. The minimum absolute atomic E-state index is 0.0476. The molecule has 8 heteroatoms. The first kappa shape index (κ1) is 19.2. The first-order valence-electron chi connectivity index (χ1n) is 10.0. The normalized spacial score (nSPS) is 15.5. The Balaban J connectivity index is 1.40. The number of rotatable bonds is 6. The highest BCUT2D eigenvalue weighted by Crippen LogP contribution is 2.33. The van der Waals surface area contributed by atoms with Gasteiger partial charge in [-0.15, -0.1) is 0 Å². The molecule has 0 saturated carbocycles. The van der Waals surface area contributed by atoms with Crippen molar-refractivity contribution < 1.29 is 13.8 Å². The number of urea groups is 1. The van der Waals surface area contributed by atoms with Crippen LogP contribution in [0.5, 0.6) is 0 Å². The fraction of sp³-hybridized carbons (Fsp3) is 0.429. The summed E-state index contributed by atoms with van der Waals surface area (Å²) < 4.78 is 10.4. The van der Waals surface area contributed by atoms with Crippen LogP contribution in [0.1, 0.15) is 55.9 Å². The van der Waals surface area contributed by atoms with Gasteiger partial charge in [-0.2, -0.15) is 4.98 Å². The smallest absolute Gasteiger partial charge is 0.322 e. The zero-order chi connectivity index (χ0) is 20.4. The number of anilines is 1. The molecule has 8 nitrogen and oxygen atoms in total. The van der Waals surface area contributed by atoms with Crippen LogP contribution in [0.2, 0.25) is 0 Å². The summed E-state index contributed by atoms with van der Waals surface area (Å²) in [4.78, 5) is 16.8. The summed E-state index contributed by atoms with van der Waals surface area (Å²) in [5.74, 6) is 2.06. The van der Waals surface area contributed by atoms with Crippen molar-refractivity contribution in [2.75, 3.05) is 5.32 Å². The standard InChI is InChI=1S/C21H25N5O3/c1-4-18-23-20(26-28-18)14-5-7-16-13(10-14)6-8-17(16)22-21(27)24-19-11-15(25-29-19)9-12(2)3/h5,7,10-12,17H,4,6,8-9H2,1-3H3,(H2,22,24,27)/t17-/m1/s1. The van der Waals surface area contributed by atoms with Crippen molar-refractivity contribution in [2.24, 2.45) is 5.92 Å². The topological polar surface area (TPSA) is 106 Å². The highest BCUT2D eigenvalue weighted by Gasteiger charge is 2.25. The average molecular weight is 395 g/mol. The minimum atomic E-state index is -0.301. The van der Waals surface area contributed by atoms with Gasteiger partial charge in [-0.05, 0) is 42.4 Å². The molecule has 0 spiro atoms. The monoisotopic (exact) mass is 395 g/mol. The van der Waals surface area contributed by atoms with Crippen LogP contribution in [0.15, 0.2) is 33.3 Å². The molecule has 1 aliphatic rings. The number of fused-ring (bicyclic) bond motifs is 1. The van der Waals surface area contributed by atoms with E-state index >= 15 is 0 Å². The molecular weight excluding hydrogens is 370 g/mol. The third-order valence-electron chi connectivity index (χ3n) is 4.97. The Morgan fingerprint density at radius 1 is 1.24 bits per heavy atom. The van der Waals surface area contributed by atoms with Crippen LogP contribution < -0.4 is 10.6 Å². The van der Waals surface area contributed by atoms with E-state index in [1.807, 2.05) is 19.1 Å². The highest BCUT2D eigenvalue weighted by molar-refractivity contribution is 5.88. The van der Waals surface area contributed by atoms with E-state index in [1.54, 1.807) is 6.07 Å². The molecule has 0 radical (unpaired) electrons. The van der Waals surface area contributed by atoms with Crippen molar-refractivity contribution in [1.29, 1.82) is 0 Å². The summed E-state index contributed by atoms with van der Waals surface area (Å²) in [5.41, 5.74) is 4.06. The predicted octanol–water partition coefficient (Wildman–Crippen LogP) is 4.29. The van der Waals surface area contributed by atoms with E-state index in [1.165, 1.54) is 5.56 Å². The molecule has 0 aliphatic heterocycles. The Bertz CT molecular complexity index is 1010. The maximum Gasteiger partial charge on any atom is 0.322 e. The van der Waals surface area contributed by atoms with Crippen LogP contribution in [0, 0.1) is 5.92 Å². The second kappa shape index (κ2) is 8.06. The third-order valence-corrected chi connectivity index (χ3v) is 4.97. The van der Waals surface area contributed by atoms with Gasteiger partial charge in [-0.1, -0.05) is 43.2 Å². The Morgan fingerprint density at radius 3 is 2.86 bits per heavy atom. The molecule has 0 unspecified atom stereocenters. The first-order valence-corrected chi connectivity index (χ1v) is 10.0. The maximum atomic E-state index is 12.4. The lowest BCUT2D eigenvalue weighted by Gasteiger charge is -2.14. The van der Waals surface area contributed by atoms with Crippen LogP contribution >= 0.6 is 0 Å². The van der Waals surface area contributed by atoms with E-state index < -0.39 is 0 Å². The van der Waals surface area contributed by atoms with Crippen molar-refractivity contribution in [3.05, 3.63) is 47.0 Å². The third kappa shape index (κ3) is 4.31. The molecule has 2 N–H and O–H groups in total. The molecule has 0 bridgehead atoms. The molecule has 1 atom stereocenters. The van der Waals surface area contributed by atoms with Gasteiger partial charge in [0.2, 0.25) is 17.6 Å². The van der Waals surface area contributed by atoms with E-state index in [4.69, 9.17) is 9.05 Å². The number of hydrogen-bond acceptors (Lipinski definition) is 6. The second-order valence-corrected chi connectivity index (χ2v) is 7.75. The largest absolute Gasteiger partial charge is 0.339 e. The van der Waals surface area contributed by atoms with Crippen molar-refractivity contribution in [3.8, 4) is 11.4 Å². The lowest BCUT2D eigenvalue weighted by atomic mass is 10.0. The van der Waals surface area contributed by atoms with Crippen LogP contribution in [0.25, 0.3) is 11.4 Å². The molecule has 4 rings (SSSR count). The molecule has 2 heterocycles. The van der Waals surface area contributed by atoms with Gasteiger partial charge in [0.15, 0.2) is 0 Å². The Labute approximate surface area is 169 Å². The number of carbonyl (C=O) groups excluding carboxylic acids is 1. The number of hydrogen-bond donors (Lipinski definition) is 2. The van der Waals surface area contributed by atoms with E-state index in [0.717, 1.165) is 36.1 Å². The number of amides is 2.